The van der Waals surface area contributed by atoms with Gasteiger partial charge < -0.3 is 4.74 Å². The lowest BCUT2D eigenvalue weighted by atomic mass is 10.1. The second kappa shape index (κ2) is 4.87. The fraction of sp³-hybridized carbons (Fsp3) is 0.250. The summed E-state index contributed by atoms with van der Waals surface area (Å²) in [5.41, 5.74) is 0.336. The highest BCUT2D eigenvalue weighted by Gasteiger charge is 2.07. The van der Waals surface area contributed by atoms with Gasteiger partial charge >= 0.3 is 5.69 Å². The molecule has 0 atom stereocenters. The minimum absolute atomic E-state index is 0.308. The van der Waals surface area contributed by atoms with E-state index < -0.39 is 5.69 Å². The highest BCUT2D eigenvalue weighted by Crippen LogP contribution is 2.12. The Balaban J connectivity index is 2.31. The molecule has 1 aromatic heterocycles. The first-order valence-electron chi connectivity index (χ1n) is 5.39. The molecule has 0 aliphatic carbocycles. The molecule has 18 heavy (non-hydrogen) atoms. The quantitative estimate of drug-likeness (QED) is 0.832. The average molecular weight is 247 g/mol. The number of rotatable bonds is 3. The molecule has 1 aromatic carbocycles. The van der Waals surface area contributed by atoms with Crippen LogP contribution < -0.4 is 16.0 Å². The van der Waals surface area contributed by atoms with Crippen LogP contribution in [0, 0.1) is 0 Å². The van der Waals surface area contributed by atoms with Crippen molar-refractivity contribution in [3.63, 3.8) is 0 Å². The summed E-state index contributed by atoms with van der Waals surface area (Å²) >= 11 is 0. The van der Waals surface area contributed by atoms with Gasteiger partial charge in [-0.05, 0) is 17.7 Å². The zero-order valence-corrected chi connectivity index (χ0v) is 10.1. The maximum absolute atomic E-state index is 11.8. The van der Waals surface area contributed by atoms with E-state index in [1.54, 1.807) is 7.11 Å². The predicted molar refractivity (Wildman–Crippen MR) is 65.9 cm³/mol. The molecule has 6 nitrogen and oxygen atoms in total. The van der Waals surface area contributed by atoms with E-state index in [0.29, 0.717) is 12.1 Å². The molecule has 0 fully saturated rings. The number of nitrogens with one attached hydrogen (secondary N) is 1. The summed E-state index contributed by atoms with van der Waals surface area (Å²) in [5, 5.41) is 6.06. The van der Waals surface area contributed by atoms with Gasteiger partial charge in [-0.15, -0.1) is 0 Å². The van der Waals surface area contributed by atoms with Crippen LogP contribution in [0.3, 0.4) is 0 Å². The number of methoxy groups -OCH3 is 1. The lowest BCUT2D eigenvalue weighted by Gasteiger charge is -2.03. The molecule has 0 spiro atoms. The van der Waals surface area contributed by atoms with Gasteiger partial charge in [-0.2, -0.15) is 5.10 Å². The SMILES string of the molecule is COc1ccc(Cc2n[nH]c(=O)n(C)c2=O)cc1. The van der Waals surface area contributed by atoms with Crippen molar-refractivity contribution in [1.82, 2.24) is 14.8 Å². The number of aromatic amines is 1. The van der Waals surface area contributed by atoms with Gasteiger partial charge in [0.2, 0.25) is 0 Å². The Morgan fingerprint density at radius 1 is 1.28 bits per heavy atom. The number of benzene rings is 1. The Hall–Kier alpha value is -2.37. The van der Waals surface area contributed by atoms with Gasteiger partial charge in [0.1, 0.15) is 11.4 Å². The number of ether oxygens (including phenoxy) is 1. The highest BCUT2D eigenvalue weighted by atomic mass is 16.5. The number of aromatic nitrogens is 3. The molecule has 0 unspecified atom stereocenters. The summed E-state index contributed by atoms with van der Waals surface area (Å²) in [6.07, 6.45) is 0.368. The molecule has 2 rings (SSSR count). The van der Waals surface area contributed by atoms with E-state index in [1.807, 2.05) is 24.3 Å². The average Bonchev–Trinajstić information content (AvgIpc) is 2.40. The third-order valence-electron chi connectivity index (χ3n) is 2.67. The van der Waals surface area contributed by atoms with Gasteiger partial charge in [0, 0.05) is 13.5 Å². The Morgan fingerprint density at radius 2 is 1.94 bits per heavy atom. The van der Waals surface area contributed by atoms with E-state index in [2.05, 4.69) is 10.2 Å². The summed E-state index contributed by atoms with van der Waals surface area (Å²) in [4.78, 5) is 22.9. The predicted octanol–water partition coefficient (Wildman–Crippen LogP) is 0.0680. The number of nitrogens with zero attached hydrogens (tertiary/aromatic N) is 2. The van der Waals surface area contributed by atoms with Crippen molar-refractivity contribution < 1.29 is 4.74 Å². The standard InChI is InChI=1S/C12H13N3O3/c1-15-11(16)10(13-14-12(15)17)7-8-3-5-9(18-2)6-4-8/h3-6H,7H2,1-2H3,(H,14,17). The molecule has 2 aromatic rings. The monoisotopic (exact) mass is 247 g/mol. The fourth-order valence-corrected chi connectivity index (χ4v) is 1.58. The van der Waals surface area contributed by atoms with Crippen molar-refractivity contribution in [2.75, 3.05) is 7.11 Å². The van der Waals surface area contributed by atoms with E-state index in [1.165, 1.54) is 7.05 Å². The van der Waals surface area contributed by atoms with Gasteiger partial charge in [0.25, 0.3) is 5.56 Å². The maximum Gasteiger partial charge on any atom is 0.344 e. The molecule has 1 heterocycles. The molecule has 0 amide bonds. The molecular weight excluding hydrogens is 234 g/mol. The zero-order chi connectivity index (χ0) is 13.1. The molecule has 0 radical (unpaired) electrons. The molecule has 0 saturated heterocycles. The van der Waals surface area contributed by atoms with Crippen molar-refractivity contribution in [2.24, 2.45) is 7.05 Å². The summed E-state index contributed by atoms with van der Waals surface area (Å²) in [6.45, 7) is 0. The normalized spacial score (nSPS) is 10.3. The van der Waals surface area contributed by atoms with Crippen LogP contribution in [0.4, 0.5) is 0 Å². The van der Waals surface area contributed by atoms with Crippen LogP contribution >= 0.6 is 0 Å². The smallest absolute Gasteiger partial charge is 0.344 e. The molecule has 0 bridgehead atoms. The van der Waals surface area contributed by atoms with Gasteiger partial charge in [-0.1, -0.05) is 12.1 Å². The first kappa shape index (κ1) is 12.1. The fourth-order valence-electron chi connectivity index (χ4n) is 1.58. The molecule has 94 valence electrons. The summed E-state index contributed by atoms with van der Waals surface area (Å²) in [7, 11) is 3.01. The van der Waals surface area contributed by atoms with Crippen molar-refractivity contribution in [2.45, 2.75) is 6.42 Å². The first-order chi connectivity index (χ1) is 8.61. The first-order valence-corrected chi connectivity index (χ1v) is 5.39. The van der Waals surface area contributed by atoms with Crippen LogP contribution in [0.2, 0.25) is 0 Å². The largest absolute Gasteiger partial charge is 0.497 e. The van der Waals surface area contributed by atoms with Gasteiger partial charge in [-0.3, -0.25) is 9.36 Å². The number of H-pyrrole nitrogens is 1. The third kappa shape index (κ3) is 2.32. The minimum Gasteiger partial charge on any atom is -0.497 e. The van der Waals surface area contributed by atoms with Gasteiger partial charge in [0.15, 0.2) is 0 Å². The van der Waals surface area contributed by atoms with Crippen molar-refractivity contribution in [1.29, 1.82) is 0 Å². The Morgan fingerprint density at radius 3 is 2.56 bits per heavy atom. The molecule has 0 saturated carbocycles. The Labute approximate surface area is 103 Å². The van der Waals surface area contributed by atoms with Crippen molar-refractivity contribution in [3.05, 3.63) is 56.4 Å². The zero-order valence-electron chi connectivity index (χ0n) is 10.1. The Kier molecular flexibility index (Phi) is 3.27. The lowest BCUT2D eigenvalue weighted by Crippen LogP contribution is -2.36. The van der Waals surface area contributed by atoms with Gasteiger partial charge in [-0.25, -0.2) is 9.89 Å². The molecule has 0 aliphatic rings. The number of hydrogen-bond acceptors (Lipinski definition) is 4. The van der Waals surface area contributed by atoms with Crippen LogP contribution in [-0.4, -0.2) is 21.9 Å². The van der Waals surface area contributed by atoms with Crippen LogP contribution in [0.25, 0.3) is 0 Å². The highest BCUT2D eigenvalue weighted by molar-refractivity contribution is 5.29. The van der Waals surface area contributed by atoms with Crippen LogP contribution in [0.1, 0.15) is 11.3 Å². The van der Waals surface area contributed by atoms with Crippen LogP contribution in [-0.2, 0) is 13.5 Å². The van der Waals surface area contributed by atoms with Crippen LogP contribution in [0.5, 0.6) is 5.75 Å². The number of hydrogen-bond donors (Lipinski definition) is 1. The molecular formula is C12H13N3O3. The second-order valence-corrected chi connectivity index (χ2v) is 3.86. The molecule has 1 N–H and O–H groups in total. The molecule has 6 heteroatoms. The van der Waals surface area contributed by atoms with E-state index in [0.717, 1.165) is 15.9 Å². The minimum atomic E-state index is -0.515. The second-order valence-electron chi connectivity index (χ2n) is 3.86. The topological polar surface area (TPSA) is 77.0 Å². The molecule has 0 aliphatic heterocycles. The van der Waals surface area contributed by atoms with E-state index in [4.69, 9.17) is 4.74 Å². The van der Waals surface area contributed by atoms with Crippen molar-refractivity contribution in [3.8, 4) is 5.75 Å². The van der Waals surface area contributed by atoms with Crippen molar-refractivity contribution >= 4 is 0 Å². The van der Waals surface area contributed by atoms with E-state index in [-0.39, 0.29) is 5.56 Å². The van der Waals surface area contributed by atoms with Gasteiger partial charge in [0.05, 0.1) is 7.11 Å². The van der Waals surface area contributed by atoms with E-state index >= 15 is 0 Å². The maximum atomic E-state index is 11.8. The summed E-state index contributed by atoms with van der Waals surface area (Å²) in [5.74, 6) is 0.751. The van der Waals surface area contributed by atoms with E-state index in [9.17, 15) is 9.59 Å². The lowest BCUT2D eigenvalue weighted by molar-refractivity contribution is 0.414. The summed E-state index contributed by atoms with van der Waals surface area (Å²) in [6, 6.07) is 7.33. The Bertz CT molecular complexity index is 656. The van der Waals surface area contributed by atoms with Crippen LogP contribution in [0.15, 0.2) is 33.9 Å². The third-order valence-corrected chi connectivity index (χ3v) is 2.67. The summed E-state index contributed by atoms with van der Waals surface area (Å²) < 4.78 is 6.05.